The Morgan fingerprint density at radius 1 is 1.53 bits per heavy atom. The number of amides is 2. The molecule has 0 saturated carbocycles. The average molecular weight is 213 g/mol. The second-order valence-electron chi connectivity index (χ2n) is 4.70. The Morgan fingerprint density at radius 2 is 2.27 bits per heavy atom. The highest BCUT2D eigenvalue weighted by Crippen LogP contribution is 2.22. The van der Waals surface area contributed by atoms with E-state index in [1.807, 2.05) is 16.7 Å². The average Bonchev–Trinajstić information content (AvgIpc) is 2.16. The zero-order valence-corrected chi connectivity index (χ0v) is 9.48. The van der Waals surface area contributed by atoms with E-state index in [0.717, 1.165) is 19.5 Å². The Bertz CT molecular complexity index is 267. The number of rotatable bonds is 1. The number of quaternary nitrogens is 1. The highest BCUT2D eigenvalue weighted by atomic mass is 16.5. The third kappa shape index (κ3) is 1.94. The van der Waals surface area contributed by atoms with Crippen LogP contribution in [-0.2, 0) is 0 Å². The van der Waals surface area contributed by atoms with Gasteiger partial charge < -0.3 is 19.7 Å². The lowest BCUT2D eigenvalue weighted by Gasteiger charge is -2.52. The van der Waals surface area contributed by atoms with Gasteiger partial charge >= 0.3 is 6.03 Å². The molecule has 2 atom stereocenters. The molecule has 2 aliphatic rings. The molecule has 2 heterocycles. The summed E-state index contributed by atoms with van der Waals surface area (Å²) in [4.78, 5) is 15.7. The normalized spacial score (nSPS) is 36.7. The minimum Gasteiger partial charge on any atom is -0.633 e. The molecule has 2 rings (SSSR count). The molecule has 2 aliphatic heterocycles. The lowest BCUT2D eigenvalue weighted by Crippen LogP contribution is -2.65. The third-order valence-corrected chi connectivity index (χ3v) is 3.48. The van der Waals surface area contributed by atoms with Gasteiger partial charge in [0, 0.05) is 13.1 Å². The van der Waals surface area contributed by atoms with Gasteiger partial charge in [-0.1, -0.05) is 0 Å². The van der Waals surface area contributed by atoms with E-state index >= 15 is 0 Å². The van der Waals surface area contributed by atoms with Crippen LogP contribution in [0.15, 0.2) is 0 Å². The Kier molecular flexibility index (Phi) is 2.60. The number of hydroxylamine groups is 3. The van der Waals surface area contributed by atoms with Gasteiger partial charge in [-0.15, -0.1) is 0 Å². The fourth-order valence-corrected chi connectivity index (χ4v) is 2.51. The van der Waals surface area contributed by atoms with Crippen LogP contribution in [0.3, 0.4) is 0 Å². The first-order chi connectivity index (χ1) is 7.03. The number of piperazine rings is 1. The van der Waals surface area contributed by atoms with Crippen molar-refractivity contribution in [3.05, 3.63) is 5.21 Å². The molecule has 2 fully saturated rings. The molecule has 0 aromatic carbocycles. The fraction of sp³-hybridized carbons (Fsp3) is 0.900. The summed E-state index contributed by atoms with van der Waals surface area (Å²) in [6.07, 6.45) is 0.940. The van der Waals surface area contributed by atoms with Gasteiger partial charge in [0.2, 0.25) is 0 Å². The Morgan fingerprint density at radius 3 is 2.93 bits per heavy atom. The molecule has 5 heteroatoms. The summed E-state index contributed by atoms with van der Waals surface area (Å²) < 4.78 is -0.194. The minimum absolute atomic E-state index is 0.119. The largest absolute Gasteiger partial charge is 0.633 e. The number of nitrogens with zero attached hydrogens (tertiary/aromatic N) is 3. The van der Waals surface area contributed by atoms with E-state index in [9.17, 15) is 10.0 Å². The van der Waals surface area contributed by atoms with E-state index < -0.39 is 0 Å². The summed E-state index contributed by atoms with van der Waals surface area (Å²) in [5.74, 6) is 0. The van der Waals surface area contributed by atoms with E-state index in [-0.39, 0.29) is 16.7 Å². The van der Waals surface area contributed by atoms with Crippen LogP contribution in [0.2, 0.25) is 0 Å². The summed E-state index contributed by atoms with van der Waals surface area (Å²) in [6, 6.07) is 0.282. The zero-order chi connectivity index (χ0) is 11.1. The molecule has 0 aromatic rings. The van der Waals surface area contributed by atoms with Crippen molar-refractivity contribution in [3.63, 3.8) is 0 Å². The third-order valence-electron chi connectivity index (χ3n) is 3.48. The van der Waals surface area contributed by atoms with Crippen molar-refractivity contribution >= 4 is 6.03 Å². The van der Waals surface area contributed by atoms with Gasteiger partial charge in [-0.3, -0.25) is 0 Å². The number of likely N-dealkylation sites (N-methyl/N-ethyl adjacent to an activating group) is 1. The van der Waals surface area contributed by atoms with Gasteiger partial charge in [0.05, 0.1) is 32.7 Å². The van der Waals surface area contributed by atoms with Gasteiger partial charge in [0.15, 0.2) is 0 Å². The molecule has 15 heavy (non-hydrogen) atoms. The van der Waals surface area contributed by atoms with Gasteiger partial charge in [0.25, 0.3) is 0 Å². The fourth-order valence-electron chi connectivity index (χ4n) is 2.51. The van der Waals surface area contributed by atoms with Crippen molar-refractivity contribution in [2.45, 2.75) is 19.4 Å². The van der Waals surface area contributed by atoms with Crippen LogP contribution >= 0.6 is 0 Å². The van der Waals surface area contributed by atoms with Gasteiger partial charge in [-0.2, -0.15) is 0 Å². The number of carbonyl (C=O) groups excluding carboxylic acids is 1. The Labute approximate surface area is 90.4 Å². The van der Waals surface area contributed by atoms with Crippen molar-refractivity contribution in [2.24, 2.45) is 0 Å². The van der Waals surface area contributed by atoms with Crippen LogP contribution in [0.1, 0.15) is 13.3 Å². The van der Waals surface area contributed by atoms with E-state index in [2.05, 4.69) is 0 Å². The molecular weight excluding hydrogens is 194 g/mol. The van der Waals surface area contributed by atoms with Crippen LogP contribution in [0.5, 0.6) is 0 Å². The SMILES string of the molecule is CCN1CC[C@H]2C[N+](C)([O-])CCN2C1=O. The lowest BCUT2D eigenvalue weighted by atomic mass is 10.1. The highest BCUT2D eigenvalue weighted by Gasteiger charge is 2.39. The van der Waals surface area contributed by atoms with Crippen LogP contribution in [0.4, 0.5) is 4.79 Å². The summed E-state index contributed by atoms with van der Waals surface area (Å²) in [7, 11) is 1.70. The second kappa shape index (κ2) is 3.64. The Balaban J connectivity index is 2.07. The van der Waals surface area contributed by atoms with Crippen molar-refractivity contribution in [1.29, 1.82) is 0 Å². The lowest BCUT2D eigenvalue weighted by molar-refractivity contribution is -0.868. The summed E-state index contributed by atoms with van der Waals surface area (Å²) in [5, 5.41) is 11.8. The van der Waals surface area contributed by atoms with Crippen LogP contribution in [0, 0.1) is 5.21 Å². The van der Waals surface area contributed by atoms with Crippen LogP contribution in [-0.4, -0.2) is 66.3 Å². The molecule has 0 radical (unpaired) electrons. The number of fused-ring (bicyclic) bond motifs is 1. The van der Waals surface area contributed by atoms with Gasteiger partial charge in [-0.25, -0.2) is 4.79 Å². The molecule has 0 aliphatic carbocycles. The molecule has 0 spiro atoms. The first-order valence-corrected chi connectivity index (χ1v) is 5.64. The molecule has 5 nitrogen and oxygen atoms in total. The zero-order valence-electron chi connectivity index (χ0n) is 9.48. The van der Waals surface area contributed by atoms with E-state index in [1.165, 1.54) is 0 Å². The van der Waals surface area contributed by atoms with Gasteiger partial charge in [-0.05, 0) is 13.3 Å². The first kappa shape index (κ1) is 10.7. The van der Waals surface area contributed by atoms with Crippen molar-refractivity contribution in [1.82, 2.24) is 9.80 Å². The van der Waals surface area contributed by atoms with Gasteiger partial charge in [0.1, 0.15) is 0 Å². The molecule has 2 saturated heterocycles. The predicted octanol–water partition coefficient (Wildman–Crippen LogP) is 0.461. The molecule has 1 unspecified atom stereocenters. The first-order valence-electron chi connectivity index (χ1n) is 5.64. The highest BCUT2D eigenvalue weighted by molar-refractivity contribution is 5.75. The monoisotopic (exact) mass is 213 g/mol. The summed E-state index contributed by atoms with van der Waals surface area (Å²) >= 11 is 0. The maximum Gasteiger partial charge on any atom is 0.320 e. The number of hydrogen-bond donors (Lipinski definition) is 0. The Hall–Kier alpha value is -0.810. The molecule has 0 bridgehead atoms. The maximum absolute atomic E-state index is 11.9. The number of hydrogen-bond acceptors (Lipinski definition) is 2. The summed E-state index contributed by atoms with van der Waals surface area (Å²) in [5.41, 5.74) is 0. The predicted molar refractivity (Wildman–Crippen MR) is 57.0 cm³/mol. The van der Waals surface area contributed by atoms with Crippen molar-refractivity contribution in [2.75, 3.05) is 39.8 Å². The standard InChI is InChI=1S/C10H19N3O2/c1-3-11-5-4-9-8-13(2,15)7-6-12(9)10(11)14/h9H,3-8H2,1-2H3/t9-,13?/m0/s1. The minimum atomic E-state index is -0.194. The van der Waals surface area contributed by atoms with Crippen LogP contribution < -0.4 is 0 Å². The smallest absolute Gasteiger partial charge is 0.320 e. The van der Waals surface area contributed by atoms with E-state index in [4.69, 9.17) is 0 Å². The molecule has 86 valence electrons. The quantitative estimate of drug-likeness (QED) is 0.469. The summed E-state index contributed by atoms with van der Waals surface area (Å²) in [6.45, 7) is 5.26. The second-order valence-corrected chi connectivity index (χ2v) is 4.70. The molecule has 0 N–H and O–H groups in total. The van der Waals surface area contributed by atoms with Crippen LogP contribution in [0.25, 0.3) is 0 Å². The molecule has 0 aromatic heterocycles. The maximum atomic E-state index is 11.9. The number of carbonyl (C=O) groups is 1. The topological polar surface area (TPSA) is 46.6 Å². The van der Waals surface area contributed by atoms with E-state index in [0.29, 0.717) is 19.6 Å². The number of urea groups is 1. The van der Waals surface area contributed by atoms with E-state index in [1.54, 1.807) is 7.05 Å². The van der Waals surface area contributed by atoms with Crippen molar-refractivity contribution in [3.8, 4) is 0 Å². The van der Waals surface area contributed by atoms with Crippen molar-refractivity contribution < 1.29 is 9.44 Å². The molecule has 2 amide bonds. The molecular formula is C10H19N3O2.